The van der Waals surface area contributed by atoms with Crippen molar-refractivity contribution in [3.05, 3.63) is 24.3 Å². The van der Waals surface area contributed by atoms with Crippen molar-refractivity contribution in [3.8, 4) is 11.5 Å². The average molecular weight is 498 g/mol. The molecule has 200 valence electrons. The highest BCUT2D eigenvalue weighted by molar-refractivity contribution is 6.27. The molecule has 0 spiro atoms. The fourth-order valence-electron chi connectivity index (χ4n) is 3.86. The second kappa shape index (κ2) is 18.0. The van der Waals surface area contributed by atoms with Crippen LogP contribution in [0.1, 0.15) is 52.9 Å². The largest absolute Gasteiger partial charge is 0.493 e. The third kappa shape index (κ3) is 13.9. The van der Waals surface area contributed by atoms with E-state index in [9.17, 15) is 0 Å². The number of ether oxygens (including phenoxy) is 4. The van der Waals surface area contributed by atoms with Gasteiger partial charge >= 0.3 is 11.9 Å². The number of likely N-dealkylation sites (tertiary alicyclic amines) is 1. The number of piperidine rings is 1. The zero-order chi connectivity index (χ0) is 26.1. The molecule has 2 N–H and O–H groups in total. The summed E-state index contributed by atoms with van der Waals surface area (Å²) in [5.74, 6) is -1.38. The van der Waals surface area contributed by atoms with Crippen molar-refractivity contribution in [2.75, 3.05) is 46.6 Å². The first-order chi connectivity index (χ1) is 16.8. The smallest absolute Gasteiger partial charge is 0.414 e. The van der Waals surface area contributed by atoms with Gasteiger partial charge in [0.2, 0.25) is 0 Å². The summed E-state index contributed by atoms with van der Waals surface area (Å²) in [7, 11) is 1.73. The molecule has 35 heavy (non-hydrogen) atoms. The lowest BCUT2D eigenvalue weighted by Crippen LogP contribution is -2.46. The van der Waals surface area contributed by atoms with Crippen LogP contribution in [0.15, 0.2) is 24.3 Å². The number of carboxylic acid groups (broad SMARTS) is 2. The number of nitrogens with zero attached hydrogens (tertiary/aromatic N) is 1. The normalized spacial score (nSPS) is 18.0. The zero-order valence-electron chi connectivity index (χ0n) is 21.6. The predicted octanol–water partition coefficient (Wildman–Crippen LogP) is 3.94. The molecule has 2 rings (SSSR count). The molecule has 1 heterocycles. The summed E-state index contributed by atoms with van der Waals surface area (Å²) in [5.41, 5.74) is 0. The van der Waals surface area contributed by atoms with E-state index in [-0.39, 0.29) is 12.2 Å². The van der Waals surface area contributed by atoms with Crippen LogP contribution in [0.4, 0.5) is 0 Å². The quantitative estimate of drug-likeness (QED) is 0.291. The van der Waals surface area contributed by atoms with Crippen LogP contribution in [0.3, 0.4) is 0 Å². The van der Waals surface area contributed by atoms with Crippen molar-refractivity contribution in [1.82, 2.24) is 4.90 Å². The SMILES string of the molecule is CCCCCN1CC[C@@H](CCOc2cccc(OC(C)C)c2)[C@H](OCCOC)C1.O=C(O)C(=O)O. The first-order valence-corrected chi connectivity index (χ1v) is 12.4. The minimum absolute atomic E-state index is 0.165. The molecule has 0 radical (unpaired) electrons. The van der Waals surface area contributed by atoms with Gasteiger partial charge in [0.25, 0.3) is 0 Å². The molecule has 0 unspecified atom stereocenters. The highest BCUT2D eigenvalue weighted by Crippen LogP contribution is 2.26. The molecule has 0 aromatic heterocycles. The Labute approximate surface area is 209 Å². The van der Waals surface area contributed by atoms with E-state index in [0.717, 1.165) is 31.0 Å². The lowest BCUT2D eigenvalue weighted by Gasteiger charge is -2.38. The lowest BCUT2D eigenvalue weighted by molar-refractivity contribution is -0.159. The van der Waals surface area contributed by atoms with Crippen molar-refractivity contribution in [1.29, 1.82) is 0 Å². The van der Waals surface area contributed by atoms with Crippen LogP contribution in [-0.2, 0) is 19.1 Å². The van der Waals surface area contributed by atoms with Crippen LogP contribution >= 0.6 is 0 Å². The summed E-state index contributed by atoms with van der Waals surface area (Å²) in [6, 6.07) is 7.93. The van der Waals surface area contributed by atoms with E-state index in [4.69, 9.17) is 38.7 Å². The van der Waals surface area contributed by atoms with Gasteiger partial charge in [-0.25, -0.2) is 9.59 Å². The van der Waals surface area contributed by atoms with Crippen molar-refractivity contribution in [3.63, 3.8) is 0 Å². The van der Waals surface area contributed by atoms with Gasteiger partial charge in [-0.3, -0.25) is 0 Å². The van der Waals surface area contributed by atoms with Crippen LogP contribution in [0.25, 0.3) is 0 Å². The Morgan fingerprint density at radius 2 is 1.80 bits per heavy atom. The monoisotopic (exact) mass is 497 g/mol. The molecule has 0 saturated carbocycles. The number of hydrogen-bond donors (Lipinski definition) is 2. The maximum Gasteiger partial charge on any atom is 0.414 e. The standard InChI is InChI=1S/C24H41NO4.C2H2O4/c1-5-6-7-13-25-14-11-21(24(19-25)28-17-16-26-4)12-15-27-22-9-8-10-23(18-22)29-20(2)3;3-1(4)2(5)6/h8-10,18,20-21,24H,5-7,11-17,19H2,1-4H3;(H,3,4)(H,5,6)/t21-,24+;/m0./s1. The summed E-state index contributed by atoms with van der Waals surface area (Å²) in [6.07, 6.45) is 6.47. The molecule has 1 fully saturated rings. The molecule has 0 amide bonds. The maximum absolute atomic E-state index is 9.10. The molecule has 1 aliphatic heterocycles. The van der Waals surface area contributed by atoms with Crippen LogP contribution < -0.4 is 9.47 Å². The Kier molecular flexibility index (Phi) is 15.8. The lowest BCUT2D eigenvalue weighted by atomic mass is 9.90. The number of unbranched alkanes of at least 4 members (excludes halogenated alkanes) is 2. The number of methoxy groups -OCH3 is 1. The van der Waals surface area contributed by atoms with E-state index in [0.29, 0.717) is 25.7 Å². The van der Waals surface area contributed by atoms with Crippen molar-refractivity contribution < 1.29 is 38.7 Å². The van der Waals surface area contributed by atoms with Gasteiger partial charge in [0, 0.05) is 19.7 Å². The van der Waals surface area contributed by atoms with E-state index in [1.807, 2.05) is 38.1 Å². The predicted molar refractivity (Wildman–Crippen MR) is 133 cm³/mol. The number of carbonyl (C=O) groups is 2. The first-order valence-electron chi connectivity index (χ1n) is 12.4. The van der Waals surface area contributed by atoms with Gasteiger partial charge in [0.1, 0.15) is 11.5 Å². The topological polar surface area (TPSA) is 115 Å². The van der Waals surface area contributed by atoms with Crippen molar-refractivity contribution in [2.45, 2.75) is 65.1 Å². The fraction of sp³-hybridized carbons (Fsp3) is 0.692. The average Bonchev–Trinajstić information content (AvgIpc) is 2.81. The number of hydrogen-bond acceptors (Lipinski definition) is 7. The molecule has 9 nitrogen and oxygen atoms in total. The summed E-state index contributed by atoms with van der Waals surface area (Å²) < 4.78 is 23.2. The molecule has 9 heteroatoms. The Morgan fingerprint density at radius 3 is 2.43 bits per heavy atom. The Morgan fingerprint density at radius 1 is 1.09 bits per heavy atom. The molecule has 0 aliphatic carbocycles. The molecule has 1 saturated heterocycles. The molecule has 1 aromatic rings. The van der Waals surface area contributed by atoms with E-state index >= 15 is 0 Å². The Bertz CT molecular complexity index is 715. The number of aliphatic carboxylic acids is 2. The fourth-order valence-corrected chi connectivity index (χ4v) is 3.86. The highest BCUT2D eigenvalue weighted by atomic mass is 16.5. The number of rotatable bonds is 14. The van der Waals surface area contributed by atoms with Crippen molar-refractivity contribution >= 4 is 11.9 Å². The first kappa shape index (κ1) is 30.7. The Balaban J connectivity index is 0.000000905. The van der Waals surface area contributed by atoms with Gasteiger partial charge in [0.05, 0.1) is 32.0 Å². The van der Waals surface area contributed by atoms with Crippen LogP contribution in [0.5, 0.6) is 11.5 Å². The van der Waals surface area contributed by atoms with Crippen molar-refractivity contribution in [2.24, 2.45) is 5.92 Å². The molecule has 2 atom stereocenters. The number of benzene rings is 1. The highest BCUT2D eigenvalue weighted by Gasteiger charge is 2.29. The summed E-state index contributed by atoms with van der Waals surface area (Å²) in [4.78, 5) is 20.8. The second-order valence-corrected chi connectivity index (χ2v) is 8.85. The molecular weight excluding hydrogens is 454 g/mol. The van der Waals surface area contributed by atoms with Gasteiger partial charge in [0.15, 0.2) is 0 Å². The molecule has 1 aromatic carbocycles. The van der Waals surface area contributed by atoms with Crippen LogP contribution in [-0.4, -0.2) is 85.8 Å². The molecule has 1 aliphatic rings. The minimum atomic E-state index is -1.82. The van der Waals surface area contributed by atoms with Gasteiger partial charge in [-0.15, -0.1) is 0 Å². The second-order valence-electron chi connectivity index (χ2n) is 8.85. The van der Waals surface area contributed by atoms with Gasteiger partial charge in [-0.1, -0.05) is 25.8 Å². The molecule has 0 bridgehead atoms. The Hall–Kier alpha value is -2.36. The molecular formula is C26H43NO8. The van der Waals surface area contributed by atoms with E-state index in [1.54, 1.807) is 7.11 Å². The van der Waals surface area contributed by atoms with Crippen LogP contribution in [0, 0.1) is 5.92 Å². The third-order valence-corrected chi connectivity index (χ3v) is 5.59. The summed E-state index contributed by atoms with van der Waals surface area (Å²) >= 11 is 0. The van der Waals surface area contributed by atoms with Gasteiger partial charge in [-0.2, -0.15) is 0 Å². The van der Waals surface area contributed by atoms with Gasteiger partial charge in [-0.05, 0) is 64.3 Å². The van der Waals surface area contributed by atoms with Crippen LogP contribution in [0.2, 0.25) is 0 Å². The van der Waals surface area contributed by atoms with E-state index in [1.165, 1.54) is 32.2 Å². The third-order valence-electron chi connectivity index (χ3n) is 5.59. The van der Waals surface area contributed by atoms with Gasteiger partial charge < -0.3 is 34.1 Å². The van der Waals surface area contributed by atoms with E-state index < -0.39 is 11.9 Å². The minimum Gasteiger partial charge on any atom is -0.493 e. The number of carboxylic acids is 2. The van der Waals surface area contributed by atoms with E-state index in [2.05, 4.69) is 11.8 Å². The zero-order valence-corrected chi connectivity index (χ0v) is 21.6. The summed E-state index contributed by atoms with van der Waals surface area (Å²) in [6.45, 7) is 11.7. The summed E-state index contributed by atoms with van der Waals surface area (Å²) in [5, 5.41) is 14.8. The maximum atomic E-state index is 9.10.